The molecule has 0 spiro atoms. The number of nitrogens with two attached hydrogens (primary N) is 1. The number of para-hydroxylation sites is 2. The fourth-order valence-corrected chi connectivity index (χ4v) is 2.48. The van der Waals surface area contributed by atoms with Crippen LogP contribution in [0.3, 0.4) is 0 Å². The number of hydrogen-bond acceptors (Lipinski definition) is 5. The molecule has 2 aromatic rings. The maximum atomic E-state index is 11.6. The first kappa shape index (κ1) is 13.8. The molecule has 5 nitrogen and oxygen atoms in total. The number of carbonyl (C=O) groups is 1. The van der Waals surface area contributed by atoms with Crippen molar-refractivity contribution in [2.45, 2.75) is 6.42 Å². The number of aromatic nitrogens is 1. The van der Waals surface area contributed by atoms with Crippen LogP contribution < -0.4 is 15.8 Å². The summed E-state index contributed by atoms with van der Waals surface area (Å²) in [6, 6.07) is 7.18. The van der Waals surface area contributed by atoms with Gasteiger partial charge < -0.3 is 15.8 Å². The molecule has 2 rings (SSSR count). The molecule has 1 amide bonds. The second kappa shape index (κ2) is 6.53. The van der Waals surface area contributed by atoms with Crippen molar-refractivity contribution in [2.75, 3.05) is 17.7 Å². The first-order valence-electron chi connectivity index (χ1n) is 5.53. The van der Waals surface area contributed by atoms with Crippen molar-refractivity contribution in [1.29, 1.82) is 0 Å². The second-order valence-corrected chi connectivity index (χ2v) is 6.06. The first-order chi connectivity index (χ1) is 9.15. The molecule has 1 aromatic carbocycles. The Morgan fingerprint density at radius 1 is 1.47 bits per heavy atom. The van der Waals surface area contributed by atoms with Crippen molar-refractivity contribution in [3.8, 4) is 5.75 Å². The van der Waals surface area contributed by atoms with Crippen LogP contribution in [0.5, 0.6) is 5.75 Å². The number of nitrogens with one attached hydrogen (secondary N) is 1. The Morgan fingerprint density at radius 3 is 2.95 bits per heavy atom. The number of hydrogen-bond donors (Lipinski definition) is 2. The number of benzene rings is 1. The molecule has 19 heavy (non-hydrogen) atoms. The molecular weight excluding hydrogens is 330 g/mol. The number of halogens is 1. The van der Waals surface area contributed by atoms with E-state index >= 15 is 0 Å². The van der Waals surface area contributed by atoms with Crippen LogP contribution in [0.4, 0.5) is 10.8 Å². The highest BCUT2D eigenvalue weighted by Crippen LogP contribution is 2.23. The monoisotopic (exact) mass is 341 g/mol. The van der Waals surface area contributed by atoms with Gasteiger partial charge in [-0.05, 0) is 28.1 Å². The van der Waals surface area contributed by atoms with Gasteiger partial charge >= 0.3 is 0 Å². The molecular formula is C12H12BrN3O2S. The van der Waals surface area contributed by atoms with Crippen LogP contribution in [0, 0.1) is 0 Å². The van der Waals surface area contributed by atoms with Crippen LogP contribution >= 0.6 is 27.3 Å². The third kappa shape index (κ3) is 4.22. The number of ether oxygens (including phenoxy) is 1. The molecule has 0 fully saturated rings. The fraction of sp³-hybridized carbons (Fsp3) is 0.167. The van der Waals surface area contributed by atoms with Gasteiger partial charge in [-0.1, -0.05) is 23.5 Å². The van der Waals surface area contributed by atoms with E-state index in [1.165, 1.54) is 11.3 Å². The maximum absolute atomic E-state index is 11.6. The summed E-state index contributed by atoms with van der Waals surface area (Å²) in [5.74, 6) is 0.448. The van der Waals surface area contributed by atoms with Crippen molar-refractivity contribution in [1.82, 2.24) is 4.98 Å². The Hall–Kier alpha value is -1.60. The van der Waals surface area contributed by atoms with E-state index in [2.05, 4.69) is 26.2 Å². The van der Waals surface area contributed by atoms with Crippen LogP contribution in [-0.4, -0.2) is 17.5 Å². The lowest BCUT2D eigenvalue weighted by atomic mass is 10.3. The van der Waals surface area contributed by atoms with Gasteiger partial charge in [0.05, 0.1) is 28.7 Å². The van der Waals surface area contributed by atoms with Crippen molar-refractivity contribution in [2.24, 2.45) is 0 Å². The number of nitrogens with zero attached hydrogens (tertiary/aromatic N) is 1. The van der Waals surface area contributed by atoms with Crippen molar-refractivity contribution in [3.63, 3.8) is 0 Å². The molecule has 0 atom stereocenters. The van der Waals surface area contributed by atoms with Gasteiger partial charge in [0.2, 0.25) is 5.91 Å². The Bertz CT molecular complexity index is 574. The van der Waals surface area contributed by atoms with Gasteiger partial charge in [-0.15, -0.1) is 0 Å². The van der Waals surface area contributed by atoms with Gasteiger partial charge in [0, 0.05) is 0 Å². The van der Waals surface area contributed by atoms with E-state index in [1.54, 1.807) is 18.3 Å². The Balaban J connectivity index is 1.77. The lowest BCUT2D eigenvalue weighted by Gasteiger charge is -2.07. The van der Waals surface area contributed by atoms with Gasteiger partial charge in [-0.2, -0.15) is 0 Å². The zero-order valence-corrected chi connectivity index (χ0v) is 12.3. The minimum Gasteiger partial charge on any atom is -0.491 e. The number of rotatable bonds is 5. The summed E-state index contributed by atoms with van der Waals surface area (Å²) in [7, 11) is 0. The highest BCUT2D eigenvalue weighted by Gasteiger charge is 2.06. The molecule has 100 valence electrons. The molecule has 1 heterocycles. The summed E-state index contributed by atoms with van der Waals surface area (Å²) in [4.78, 5) is 15.6. The molecule has 0 aliphatic rings. The van der Waals surface area contributed by atoms with E-state index < -0.39 is 0 Å². The molecule has 0 aliphatic carbocycles. The van der Waals surface area contributed by atoms with E-state index in [0.29, 0.717) is 16.6 Å². The van der Waals surface area contributed by atoms with Crippen LogP contribution in [0.25, 0.3) is 0 Å². The Kier molecular flexibility index (Phi) is 4.75. The fourth-order valence-electron chi connectivity index (χ4n) is 1.36. The predicted octanol–water partition coefficient (Wildman–Crippen LogP) is 2.90. The van der Waals surface area contributed by atoms with E-state index in [9.17, 15) is 4.79 Å². The highest BCUT2D eigenvalue weighted by molar-refractivity contribution is 9.11. The normalized spacial score (nSPS) is 10.2. The van der Waals surface area contributed by atoms with E-state index in [-0.39, 0.29) is 18.9 Å². The number of nitrogen functional groups attached to an aromatic ring is 1. The third-order valence-corrected chi connectivity index (χ3v) is 3.62. The average molecular weight is 342 g/mol. The lowest BCUT2D eigenvalue weighted by molar-refractivity contribution is -0.116. The zero-order valence-electron chi connectivity index (χ0n) is 9.93. The number of amides is 1. The molecule has 7 heteroatoms. The smallest absolute Gasteiger partial charge is 0.229 e. The number of thiazole rings is 1. The van der Waals surface area contributed by atoms with Gasteiger partial charge in [0.25, 0.3) is 0 Å². The summed E-state index contributed by atoms with van der Waals surface area (Å²) in [6.07, 6.45) is 1.88. The zero-order chi connectivity index (χ0) is 13.7. The van der Waals surface area contributed by atoms with Crippen molar-refractivity contribution in [3.05, 3.63) is 34.2 Å². The summed E-state index contributed by atoms with van der Waals surface area (Å²) in [5, 5.41) is 3.26. The molecule has 0 radical (unpaired) electrons. The summed E-state index contributed by atoms with van der Waals surface area (Å²) in [6.45, 7) is 0.270. The van der Waals surface area contributed by atoms with E-state index in [1.807, 2.05) is 12.1 Å². The topological polar surface area (TPSA) is 77.2 Å². The molecule has 0 unspecified atom stereocenters. The average Bonchev–Trinajstić information content (AvgIpc) is 2.77. The van der Waals surface area contributed by atoms with E-state index in [0.717, 1.165) is 3.79 Å². The molecule has 3 N–H and O–H groups in total. The Morgan fingerprint density at radius 2 is 2.26 bits per heavy atom. The van der Waals surface area contributed by atoms with Crippen molar-refractivity contribution >= 4 is 44.0 Å². The summed E-state index contributed by atoms with van der Waals surface area (Å²) >= 11 is 4.64. The molecule has 1 aromatic heterocycles. The molecule has 0 bridgehead atoms. The third-order valence-electron chi connectivity index (χ3n) is 2.23. The van der Waals surface area contributed by atoms with E-state index in [4.69, 9.17) is 10.5 Å². The number of carbonyl (C=O) groups excluding carboxylic acids is 1. The van der Waals surface area contributed by atoms with Gasteiger partial charge in [-0.25, -0.2) is 4.98 Å². The molecule has 0 aliphatic heterocycles. The minimum atomic E-state index is -0.142. The van der Waals surface area contributed by atoms with Crippen LogP contribution in [-0.2, 0) is 4.79 Å². The van der Waals surface area contributed by atoms with Crippen LogP contribution in [0.2, 0.25) is 0 Å². The maximum Gasteiger partial charge on any atom is 0.229 e. The quantitative estimate of drug-likeness (QED) is 0.819. The van der Waals surface area contributed by atoms with Gasteiger partial charge in [0.15, 0.2) is 5.13 Å². The lowest BCUT2D eigenvalue weighted by Crippen LogP contribution is -2.15. The standard InChI is InChI=1S/C12H12BrN3O2S/c13-10-7-15-12(19-10)16-11(17)5-6-18-9-4-2-1-3-8(9)14/h1-4,7H,5-6,14H2,(H,15,16,17). The van der Waals surface area contributed by atoms with Crippen LogP contribution in [0.15, 0.2) is 34.2 Å². The molecule has 0 saturated carbocycles. The van der Waals surface area contributed by atoms with Crippen molar-refractivity contribution < 1.29 is 9.53 Å². The summed E-state index contributed by atoms with van der Waals surface area (Å²) < 4.78 is 6.31. The number of anilines is 2. The minimum absolute atomic E-state index is 0.142. The van der Waals surface area contributed by atoms with Crippen LogP contribution in [0.1, 0.15) is 6.42 Å². The largest absolute Gasteiger partial charge is 0.491 e. The highest BCUT2D eigenvalue weighted by atomic mass is 79.9. The van der Waals surface area contributed by atoms with Gasteiger partial charge in [0.1, 0.15) is 5.75 Å². The SMILES string of the molecule is Nc1ccccc1OCCC(=O)Nc1ncc(Br)s1. The first-order valence-corrected chi connectivity index (χ1v) is 7.14. The summed E-state index contributed by atoms with van der Waals surface area (Å²) in [5.41, 5.74) is 6.29. The Labute approximate surface area is 122 Å². The second-order valence-electron chi connectivity index (χ2n) is 3.65. The molecule has 0 saturated heterocycles. The predicted molar refractivity (Wildman–Crippen MR) is 79.4 cm³/mol. The van der Waals surface area contributed by atoms with Gasteiger partial charge in [-0.3, -0.25) is 4.79 Å².